The number of hydrogen-bond donors (Lipinski definition) is 1. The van der Waals surface area contributed by atoms with Crippen molar-refractivity contribution in [2.45, 2.75) is 31.5 Å². The highest BCUT2D eigenvalue weighted by atomic mass is 35.5. The van der Waals surface area contributed by atoms with Crippen LogP contribution in [0.15, 0.2) is 24.3 Å². The second kappa shape index (κ2) is 4.11. The van der Waals surface area contributed by atoms with Gasteiger partial charge in [0, 0.05) is 5.02 Å². The van der Waals surface area contributed by atoms with Gasteiger partial charge in [0.2, 0.25) is 0 Å². The molecule has 1 N–H and O–H groups in total. The predicted octanol–water partition coefficient (Wildman–Crippen LogP) is 3.49. The molecule has 1 aliphatic rings. The van der Waals surface area contributed by atoms with E-state index in [4.69, 9.17) is 11.6 Å². The normalized spacial score (nSPS) is 31.5. The SMILES string of the molecule is CC1(F)CCCNC1c1ccc(Cl)cc1. The molecule has 0 aromatic heterocycles. The van der Waals surface area contributed by atoms with Gasteiger partial charge in [-0.25, -0.2) is 4.39 Å². The van der Waals surface area contributed by atoms with Gasteiger partial charge in [0.05, 0.1) is 6.04 Å². The van der Waals surface area contributed by atoms with Crippen LogP contribution in [0, 0.1) is 0 Å². The van der Waals surface area contributed by atoms with Crippen molar-refractivity contribution in [3.05, 3.63) is 34.9 Å². The van der Waals surface area contributed by atoms with Crippen LogP contribution in [-0.2, 0) is 0 Å². The Morgan fingerprint density at radius 3 is 2.67 bits per heavy atom. The first-order chi connectivity index (χ1) is 7.09. The molecule has 1 nitrogen and oxygen atoms in total. The van der Waals surface area contributed by atoms with Gasteiger partial charge in [-0.2, -0.15) is 0 Å². The molecule has 0 amide bonds. The zero-order valence-corrected chi connectivity index (χ0v) is 9.52. The Morgan fingerprint density at radius 2 is 2.07 bits per heavy atom. The van der Waals surface area contributed by atoms with Crippen molar-refractivity contribution < 1.29 is 4.39 Å². The first kappa shape index (κ1) is 10.9. The van der Waals surface area contributed by atoms with Crippen LogP contribution in [0.4, 0.5) is 4.39 Å². The molecular formula is C12H15ClFN. The van der Waals surface area contributed by atoms with Gasteiger partial charge in [0.25, 0.3) is 0 Å². The number of alkyl halides is 1. The smallest absolute Gasteiger partial charge is 0.127 e. The lowest BCUT2D eigenvalue weighted by Crippen LogP contribution is -2.43. The molecule has 1 aromatic carbocycles. The van der Waals surface area contributed by atoms with E-state index in [9.17, 15) is 4.39 Å². The molecule has 2 atom stereocenters. The first-order valence-corrected chi connectivity index (χ1v) is 5.65. The van der Waals surface area contributed by atoms with Crippen molar-refractivity contribution in [3.8, 4) is 0 Å². The minimum Gasteiger partial charge on any atom is -0.307 e. The zero-order valence-electron chi connectivity index (χ0n) is 8.76. The van der Waals surface area contributed by atoms with Gasteiger partial charge in [-0.1, -0.05) is 23.7 Å². The molecule has 0 bridgehead atoms. The van der Waals surface area contributed by atoms with E-state index in [1.54, 1.807) is 6.92 Å². The number of halogens is 2. The Hall–Kier alpha value is -0.600. The Labute approximate surface area is 94.6 Å². The molecule has 0 aliphatic carbocycles. The van der Waals surface area contributed by atoms with Gasteiger partial charge in [0.15, 0.2) is 0 Å². The minimum atomic E-state index is -1.16. The van der Waals surface area contributed by atoms with Crippen LogP contribution >= 0.6 is 11.6 Å². The molecule has 15 heavy (non-hydrogen) atoms. The van der Waals surface area contributed by atoms with Crippen molar-refractivity contribution in [3.63, 3.8) is 0 Å². The van der Waals surface area contributed by atoms with E-state index in [1.807, 2.05) is 24.3 Å². The van der Waals surface area contributed by atoms with Crippen molar-refractivity contribution in [1.29, 1.82) is 0 Å². The molecule has 1 heterocycles. The second-order valence-corrected chi connectivity index (χ2v) is 4.76. The third kappa shape index (κ3) is 2.32. The predicted molar refractivity (Wildman–Crippen MR) is 60.9 cm³/mol. The topological polar surface area (TPSA) is 12.0 Å². The van der Waals surface area contributed by atoms with E-state index in [0.717, 1.165) is 18.5 Å². The summed E-state index contributed by atoms with van der Waals surface area (Å²) in [7, 11) is 0. The number of piperidine rings is 1. The average Bonchev–Trinajstić information content (AvgIpc) is 2.19. The molecule has 0 spiro atoms. The van der Waals surface area contributed by atoms with Gasteiger partial charge in [-0.3, -0.25) is 0 Å². The van der Waals surface area contributed by atoms with Crippen molar-refractivity contribution in [2.75, 3.05) is 6.54 Å². The Kier molecular flexibility index (Phi) is 2.98. The molecule has 2 rings (SSSR count). The van der Waals surface area contributed by atoms with E-state index in [1.165, 1.54) is 0 Å². The van der Waals surface area contributed by atoms with Gasteiger partial charge in [-0.15, -0.1) is 0 Å². The molecule has 2 unspecified atom stereocenters. The van der Waals surface area contributed by atoms with Gasteiger partial charge in [-0.05, 0) is 44.0 Å². The maximum Gasteiger partial charge on any atom is 0.127 e. The molecule has 1 fully saturated rings. The minimum absolute atomic E-state index is 0.205. The van der Waals surface area contributed by atoms with Crippen molar-refractivity contribution >= 4 is 11.6 Å². The van der Waals surface area contributed by atoms with Crippen LogP contribution in [-0.4, -0.2) is 12.2 Å². The van der Waals surface area contributed by atoms with Gasteiger partial charge >= 0.3 is 0 Å². The molecular weight excluding hydrogens is 213 g/mol. The van der Waals surface area contributed by atoms with Crippen LogP contribution < -0.4 is 5.32 Å². The highest BCUT2D eigenvalue weighted by Gasteiger charge is 2.37. The van der Waals surface area contributed by atoms with E-state index in [2.05, 4.69) is 5.32 Å². The maximum atomic E-state index is 14.2. The zero-order chi connectivity index (χ0) is 10.9. The maximum absolute atomic E-state index is 14.2. The Balaban J connectivity index is 2.25. The number of rotatable bonds is 1. The van der Waals surface area contributed by atoms with Crippen LogP contribution in [0.2, 0.25) is 5.02 Å². The van der Waals surface area contributed by atoms with Crippen LogP contribution in [0.25, 0.3) is 0 Å². The largest absolute Gasteiger partial charge is 0.307 e. The molecule has 0 radical (unpaired) electrons. The molecule has 1 saturated heterocycles. The Morgan fingerprint density at radius 1 is 1.40 bits per heavy atom. The van der Waals surface area contributed by atoms with Crippen molar-refractivity contribution in [1.82, 2.24) is 5.32 Å². The third-order valence-corrected chi connectivity index (χ3v) is 3.25. The van der Waals surface area contributed by atoms with Gasteiger partial charge in [0.1, 0.15) is 5.67 Å². The van der Waals surface area contributed by atoms with Gasteiger partial charge < -0.3 is 5.32 Å². The number of nitrogens with one attached hydrogen (secondary N) is 1. The summed E-state index contributed by atoms with van der Waals surface area (Å²) in [5, 5.41) is 3.92. The van der Waals surface area contributed by atoms with E-state index >= 15 is 0 Å². The third-order valence-electron chi connectivity index (χ3n) is 3.00. The summed E-state index contributed by atoms with van der Waals surface area (Å²) >= 11 is 5.81. The van der Waals surface area contributed by atoms with Crippen LogP contribution in [0.5, 0.6) is 0 Å². The summed E-state index contributed by atoms with van der Waals surface area (Å²) in [4.78, 5) is 0. The second-order valence-electron chi connectivity index (χ2n) is 4.32. The summed E-state index contributed by atoms with van der Waals surface area (Å²) in [5.74, 6) is 0. The van der Waals surface area contributed by atoms with Crippen molar-refractivity contribution in [2.24, 2.45) is 0 Å². The fourth-order valence-corrected chi connectivity index (χ4v) is 2.28. The highest BCUT2D eigenvalue weighted by Crippen LogP contribution is 2.36. The summed E-state index contributed by atoms with van der Waals surface area (Å²) in [6.07, 6.45) is 1.52. The lowest BCUT2D eigenvalue weighted by Gasteiger charge is -2.36. The fraction of sp³-hybridized carbons (Fsp3) is 0.500. The van der Waals surface area contributed by atoms with Crippen LogP contribution in [0.3, 0.4) is 0 Å². The lowest BCUT2D eigenvalue weighted by molar-refractivity contribution is 0.0884. The fourth-order valence-electron chi connectivity index (χ4n) is 2.16. The van der Waals surface area contributed by atoms with E-state index < -0.39 is 5.67 Å². The molecule has 82 valence electrons. The molecule has 1 aromatic rings. The summed E-state index contributed by atoms with van der Waals surface area (Å²) < 4.78 is 14.2. The number of benzene rings is 1. The monoisotopic (exact) mass is 227 g/mol. The summed E-state index contributed by atoms with van der Waals surface area (Å²) in [5.41, 5.74) is -0.185. The van der Waals surface area contributed by atoms with E-state index in [-0.39, 0.29) is 6.04 Å². The molecule has 0 saturated carbocycles. The standard InChI is InChI=1S/C12H15ClFN/c1-12(14)7-2-8-15-11(12)9-3-5-10(13)6-4-9/h3-6,11,15H,2,7-8H2,1H3. The first-order valence-electron chi connectivity index (χ1n) is 5.27. The summed E-state index contributed by atoms with van der Waals surface area (Å²) in [6, 6.07) is 7.20. The van der Waals surface area contributed by atoms with Crippen LogP contribution in [0.1, 0.15) is 31.4 Å². The molecule has 1 aliphatic heterocycles. The summed E-state index contributed by atoms with van der Waals surface area (Å²) in [6.45, 7) is 2.55. The average molecular weight is 228 g/mol. The molecule has 3 heteroatoms. The number of hydrogen-bond acceptors (Lipinski definition) is 1. The van der Waals surface area contributed by atoms with E-state index in [0.29, 0.717) is 11.4 Å². The quantitative estimate of drug-likeness (QED) is 0.775. The highest BCUT2D eigenvalue weighted by molar-refractivity contribution is 6.30. The Bertz CT molecular complexity index is 334. The lowest BCUT2D eigenvalue weighted by atomic mass is 9.85.